The van der Waals surface area contributed by atoms with Crippen LogP contribution in [-0.4, -0.2) is 57.8 Å². The van der Waals surface area contributed by atoms with Gasteiger partial charge in [0.2, 0.25) is 5.91 Å². The van der Waals surface area contributed by atoms with Gasteiger partial charge in [-0.2, -0.15) is 0 Å². The summed E-state index contributed by atoms with van der Waals surface area (Å²) in [5.41, 5.74) is 9.16. The molecule has 1 aliphatic heterocycles. The molecule has 1 N–H and O–H groups in total. The van der Waals surface area contributed by atoms with Gasteiger partial charge in [0.1, 0.15) is 5.01 Å². The third-order valence-electron chi connectivity index (χ3n) is 6.57. The summed E-state index contributed by atoms with van der Waals surface area (Å²) < 4.78 is 0. The van der Waals surface area contributed by atoms with E-state index in [2.05, 4.69) is 54.1 Å². The van der Waals surface area contributed by atoms with E-state index >= 15 is 0 Å². The molecule has 1 aromatic carbocycles. The van der Waals surface area contributed by atoms with Gasteiger partial charge in [-0.1, -0.05) is 13.8 Å². The first-order valence-corrected chi connectivity index (χ1v) is 13.0. The van der Waals surface area contributed by atoms with Crippen molar-refractivity contribution in [2.75, 3.05) is 27.2 Å². The maximum absolute atomic E-state index is 12.6. The van der Waals surface area contributed by atoms with Crippen LogP contribution >= 0.6 is 11.3 Å². The standard InChI is InChI=1S/C28H33N5OS/c1-16(2)26-21-13-19(7-8-22(21)30-27(26)20-11-17(3)29-18(4)12-20)28-31-23-9-10-33(14-24(23)35-28)25(34)15-32(5)6/h7-8,11-13,16,30H,9-10,14-15H2,1-6H3. The highest BCUT2D eigenvalue weighted by Crippen LogP contribution is 2.39. The maximum Gasteiger partial charge on any atom is 0.237 e. The normalized spacial score (nSPS) is 13.8. The number of likely N-dealkylation sites (N-methyl/N-ethyl adjacent to an activating group) is 1. The molecule has 1 amide bonds. The van der Waals surface area contributed by atoms with Crippen LogP contribution in [0.1, 0.15) is 47.3 Å². The Labute approximate surface area is 211 Å². The first-order valence-electron chi connectivity index (χ1n) is 12.2. The lowest BCUT2D eigenvalue weighted by Gasteiger charge is -2.27. The second-order valence-corrected chi connectivity index (χ2v) is 11.2. The van der Waals surface area contributed by atoms with Gasteiger partial charge >= 0.3 is 0 Å². The number of rotatable bonds is 5. The average molecular weight is 488 g/mol. The zero-order chi connectivity index (χ0) is 24.9. The third kappa shape index (κ3) is 4.62. The summed E-state index contributed by atoms with van der Waals surface area (Å²) in [4.78, 5) is 30.9. The van der Waals surface area contributed by atoms with Gasteiger partial charge in [-0.25, -0.2) is 4.98 Å². The summed E-state index contributed by atoms with van der Waals surface area (Å²) in [7, 11) is 3.87. The van der Waals surface area contributed by atoms with Gasteiger partial charge in [-0.3, -0.25) is 9.78 Å². The van der Waals surface area contributed by atoms with Gasteiger partial charge in [-0.05, 0) is 69.8 Å². The Balaban J connectivity index is 1.52. The number of carbonyl (C=O) groups excluding carboxylic acids is 1. The van der Waals surface area contributed by atoms with Crippen molar-refractivity contribution in [2.45, 2.75) is 46.6 Å². The second kappa shape index (κ2) is 9.21. The van der Waals surface area contributed by atoms with Crippen molar-refractivity contribution in [3.8, 4) is 21.8 Å². The summed E-state index contributed by atoms with van der Waals surface area (Å²) >= 11 is 1.72. The van der Waals surface area contributed by atoms with E-state index in [0.29, 0.717) is 19.0 Å². The summed E-state index contributed by atoms with van der Waals surface area (Å²) in [5.74, 6) is 0.545. The van der Waals surface area contributed by atoms with Crippen LogP contribution in [0.25, 0.3) is 32.7 Å². The fourth-order valence-corrected chi connectivity index (χ4v) is 6.17. The number of aromatic amines is 1. The molecule has 4 aromatic rings. The van der Waals surface area contributed by atoms with E-state index in [9.17, 15) is 4.79 Å². The van der Waals surface area contributed by atoms with Crippen LogP contribution in [0.3, 0.4) is 0 Å². The molecule has 6 nitrogen and oxygen atoms in total. The van der Waals surface area contributed by atoms with Gasteiger partial charge in [0.05, 0.1) is 24.5 Å². The molecule has 5 rings (SSSR count). The Morgan fingerprint density at radius 3 is 2.54 bits per heavy atom. The Kier molecular flexibility index (Phi) is 6.23. The number of fused-ring (bicyclic) bond motifs is 2. The smallest absolute Gasteiger partial charge is 0.237 e. The highest BCUT2D eigenvalue weighted by Gasteiger charge is 2.25. The second-order valence-electron chi connectivity index (χ2n) is 10.2. The van der Waals surface area contributed by atoms with E-state index in [1.807, 2.05) is 37.7 Å². The van der Waals surface area contributed by atoms with Gasteiger partial charge in [-0.15, -0.1) is 11.3 Å². The first-order chi connectivity index (χ1) is 16.7. The van der Waals surface area contributed by atoms with Crippen molar-refractivity contribution in [1.82, 2.24) is 24.8 Å². The van der Waals surface area contributed by atoms with E-state index in [-0.39, 0.29) is 5.91 Å². The van der Waals surface area contributed by atoms with E-state index < -0.39 is 0 Å². The molecule has 0 saturated carbocycles. The Hall–Kier alpha value is -3.03. The fraction of sp³-hybridized carbons (Fsp3) is 0.393. The number of aromatic nitrogens is 3. The zero-order valence-electron chi connectivity index (χ0n) is 21.4. The van der Waals surface area contributed by atoms with Crippen LogP contribution in [-0.2, 0) is 17.8 Å². The minimum atomic E-state index is 0.181. The van der Waals surface area contributed by atoms with Crippen LogP contribution in [0.2, 0.25) is 0 Å². The molecular formula is C28H33N5OS. The molecule has 4 heterocycles. The van der Waals surface area contributed by atoms with Crippen LogP contribution in [0.5, 0.6) is 0 Å². The summed E-state index contributed by atoms with van der Waals surface area (Å²) in [6, 6.07) is 10.9. The minimum absolute atomic E-state index is 0.181. The first kappa shape index (κ1) is 23.7. The molecule has 0 unspecified atom stereocenters. The fourth-order valence-electron chi connectivity index (χ4n) is 5.05. The lowest BCUT2D eigenvalue weighted by Crippen LogP contribution is -2.40. The third-order valence-corrected chi connectivity index (χ3v) is 7.70. The topological polar surface area (TPSA) is 65.1 Å². The number of aryl methyl sites for hydroxylation is 2. The van der Waals surface area contributed by atoms with E-state index in [1.165, 1.54) is 27.1 Å². The predicted molar refractivity (Wildman–Crippen MR) is 144 cm³/mol. The number of hydrogen-bond acceptors (Lipinski definition) is 5. The molecule has 3 aromatic heterocycles. The number of amides is 1. The molecule has 35 heavy (non-hydrogen) atoms. The monoisotopic (exact) mass is 487 g/mol. The Morgan fingerprint density at radius 2 is 1.86 bits per heavy atom. The average Bonchev–Trinajstić information content (AvgIpc) is 3.38. The zero-order valence-corrected chi connectivity index (χ0v) is 22.2. The van der Waals surface area contributed by atoms with Crippen molar-refractivity contribution >= 4 is 28.1 Å². The number of carbonyl (C=O) groups is 1. The molecule has 0 aliphatic carbocycles. The lowest BCUT2D eigenvalue weighted by molar-refractivity contribution is -0.132. The summed E-state index contributed by atoms with van der Waals surface area (Å²) in [6.45, 7) is 10.4. The van der Waals surface area contributed by atoms with Crippen molar-refractivity contribution in [1.29, 1.82) is 0 Å². The molecule has 0 saturated heterocycles. The largest absolute Gasteiger partial charge is 0.354 e. The summed E-state index contributed by atoms with van der Waals surface area (Å²) in [5, 5.41) is 2.28. The molecule has 1 aliphatic rings. The number of H-pyrrole nitrogens is 1. The van der Waals surface area contributed by atoms with E-state index in [0.717, 1.165) is 46.1 Å². The van der Waals surface area contributed by atoms with Crippen molar-refractivity contribution in [3.63, 3.8) is 0 Å². The van der Waals surface area contributed by atoms with Crippen LogP contribution in [0, 0.1) is 13.8 Å². The maximum atomic E-state index is 12.6. The molecule has 0 bridgehead atoms. The SMILES string of the molecule is Cc1cc(-c2[nH]c3ccc(-c4nc5c(s4)CN(C(=O)CN(C)C)CC5)cc3c2C(C)C)cc(C)n1. The van der Waals surface area contributed by atoms with Gasteiger partial charge in [0.15, 0.2) is 0 Å². The summed E-state index contributed by atoms with van der Waals surface area (Å²) in [6.07, 6.45) is 0.819. The van der Waals surface area contributed by atoms with Gasteiger partial charge in [0.25, 0.3) is 0 Å². The van der Waals surface area contributed by atoms with Crippen molar-refractivity contribution < 1.29 is 4.79 Å². The van der Waals surface area contributed by atoms with Crippen LogP contribution in [0.4, 0.5) is 0 Å². The molecule has 182 valence electrons. The number of nitrogens with one attached hydrogen (secondary N) is 1. The molecule has 0 spiro atoms. The van der Waals surface area contributed by atoms with Crippen molar-refractivity contribution in [2.24, 2.45) is 0 Å². The highest BCUT2D eigenvalue weighted by atomic mass is 32.1. The Morgan fingerprint density at radius 1 is 1.11 bits per heavy atom. The number of hydrogen-bond donors (Lipinski definition) is 1. The van der Waals surface area contributed by atoms with Gasteiger partial charge < -0.3 is 14.8 Å². The molecular weight excluding hydrogens is 454 g/mol. The molecule has 0 fully saturated rings. The highest BCUT2D eigenvalue weighted by molar-refractivity contribution is 7.15. The minimum Gasteiger partial charge on any atom is -0.354 e. The van der Waals surface area contributed by atoms with Crippen molar-refractivity contribution in [3.05, 3.63) is 57.9 Å². The number of benzene rings is 1. The number of nitrogens with zero attached hydrogens (tertiary/aromatic N) is 4. The number of thiazole rings is 1. The lowest BCUT2D eigenvalue weighted by atomic mass is 9.95. The number of pyridine rings is 1. The Bertz CT molecular complexity index is 1390. The van der Waals surface area contributed by atoms with E-state index in [1.54, 1.807) is 11.3 Å². The molecule has 7 heteroatoms. The van der Waals surface area contributed by atoms with E-state index in [4.69, 9.17) is 4.98 Å². The molecule has 0 radical (unpaired) electrons. The predicted octanol–water partition coefficient (Wildman–Crippen LogP) is 5.54. The molecule has 0 atom stereocenters. The quantitative estimate of drug-likeness (QED) is 0.401. The van der Waals surface area contributed by atoms with Gasteiger partial charge in [0, 0.05) is 51.3 Å². The van der Waals surface area contributed by atoms with Crippen LogP contribution < -0.4 is 0 Å². The van der Waals surface area contributed by atoms with Crippen LogP contribution in [0.15, 0.2) is 30.3 Å².